The molecule has 14 aromatic carbocycles. The average molecular weight is 1300 g/mol. The molecule has 0 spiro atoms. The molecule has 0 aliphatic heterocycles. The molecule has 2 aliphatic rings. The SMILES string of the molecule is Cn1cc(-c2ccc3c4c(cccc24)-c2c-3c(-c3ccccc3)c3ccccc3c2-c2ccccc2)c(-c2ccccc2)nc1=O.Cn1cc(Br)c(-c2ccccc2)nc1=O.OB(O)c1ccc2c3c(cccc13)-c1c-2c(-c2ccccc2)c2ccccc2c1-c1ccccc1. The van der Waals surface area contributed by atoms with Gasteiger partial charge >= 0.3 is 18.5 Å². The van der Waals surface area contributed by atoms with Crippen molar-refractivity contribution in [3.8, 4) is 123 Å². The Hall–Kier alpha value is -11.7. The second-order valence-electron chi connectivity index (χ2n) is 24.2. The number of hydrogen-bond acceptors (Lipinski definition) is 6. The minimum absolute atomic E-state index is 0.253. The largest absolute Gasteiger partial charge is 0.489 e. The van der Waals surface area contributed by atoms with E-state index in [2.05, 4.69) is 238 Å². The third-order valence-corrected chi connectivity index (χ3v) is 19.2. The van der Waals surface area contributed by atoms with E-state index in [0.717, 1.165) is 54.0 Å². The van der Waals surface area contributed by atoms with Crippen molar-refractivity contribution in [2.45, 2.75) is 0 Å². The van der Waals surface area contributed by atoms with Crippen molar-refractivity contribution in [1.82, 2.24) is 19.1 Å². The summed E-state index contributed by atoms with van der Waals surface area (Å²) < 4.78 is 3.83. The van der Waals surface area contributed by atoms with Gasteiger partial charge in [-0.15, -0.1) is 0 Å². The lowest BCUT2D eigenvalue weighted by molar-refractivity contribution is 0.426. The van der Waals surface area contributed by atoms with Crippen LogP contribution in [0.5, 0.6) is 0 Å². The first-order valence-corrected chi connectivity index (χ1v) is 32.7. The maximum atomic E-state index is 12.8. The van der Waals surface area contributed by atoms with Gasteiger partial charge in [0, 0.05) is 43.2 Å². The zero-order valence-electron chi connectivity index (χ0n) is 52.3. The van der Waals surface area contributed by atoms with Gasteiger partial charge in [0.25, 0.3) is 0 Å². The molecular formula is C86H58BBrN4O4. The van der Waals surface area contributed by atoms with Crippen LogP contribution >= 0.6 is 15.9 Å². The van der Waals surface area contributed by atoms with Crippen LogP contribution in [0, 0.1) is 0 Å². The molecular weight excluding hydrogens is 1240 g/mol. The minimum Gasteiger partial charge on any atom is -0.423 e. The summed E-state index contributed by atoms with van der Waals surface area (Å²) in [7, 11) is 1.92. The monoisotopic (exact) mass is 1300 g/mol. The molecule has 8 nitrogen and oxygen atoms in total. The third-order valence-electron chi connectivity index (χ3n) is 18.7. The Kier molecular flexibility index (Phi) is 15.3. The molecule has 0 bridgehead atoms. The van der Waals surface area contributed by atoms with Crippen LogP contribution in [-0.4, -0.2) is 36.3 Å². The van der Waals surface area contributed by atoms with Gasteiger partial charge in [-0.25, -0.2) is 9.59 Å². The fraction of sp³-hybridized carbons (Fsp3) is 0.0233. The number of rotatable bonds is 8. The first kappa shape index (κ1) is 59.4. The molecule has 10 heteroatoms. The van der Waals surface area contributed by atoms with E-state index >= 15 is 0 Å². The summed E-state index contributed by atoms with van der Waals surface area (Å²) in [6, 6.07) is 101. The van der Waals surface area contributed by atoms with Crippen LogP contribution < -0.4 is 16.8 Å². The highest BCUT2D eigenvalue weighted by Gasteiger charge is 2.34. The maximum Gasteiger partial charge on any atom is 0.489 e. The third kappa shape index (κ3) is 10.1. The average Bonchev–Trinajstić information content (AvgIpc) is 1.54. The highest BCUT2D eigenvalue weighted by molar-refractivity contribution is 9.10. The van der Waals surface area contributed by atoms with E-state index < -0.39 is 7.12 Å². The van der Waals surface area contributed by atoms with Gasteiger partial charge in [0.15, 0.2) is 0 Å². The van der Waals surface area contributed by atoms with Crippen LogP contribution in [0.4, 0.5) is 0 Å². The smallest absolute Gasteiger partial charge is 0.423 e. The molecule has 2 heterocycles. The molecule has 2 N–H and O–H groups in total. The zero-order chi connectivity index (χ0) is 65.1. The van der Waals surface area contributed by atoms with Gasteiger partial charge in [-0.05, 0) is 159 Å². The lowest BCUT2D eigenvalue weighted by Gasteiger charge is -2.20. The molecule has 0 radical (unpaired) electrons. The lowest BCUT2D eigenvalue weighted by atomic mass is 9.76. The minimum atomic E-state index is -1.52. The Morgan fingerprint density at radius 2 is 0.594 bits per heavy atom. The van der Waals surface area contributed by atoms with Crippen molar-refractivity contribution in [3.05, 3.63) is 329 Å². The van der Waals surface area contributed by atoms with Crippen LogP contribution in [0.25, 0.3) is 166 Å². The van der Waals surface area contributed by atoms with Crippen LogP contribution in [0.15, 0.2) is 318 Å². The zero-order valence-corrected chi connectivity index (χ0v) is 53.9. The van der Waals surface area contributed by atoms with Crippen LogP contribution in [0.2, 0.25) is 0 Å². The van der Waals surface area contributed by atoms with E-state index in [0.29, 0.717) is 16.9 Å². The molecule has 2 aliphatic carbocycles. The highest BCUT2D eigenvalue weighted by atomic mass is 79.9. The van der Waals surface area contributed by atoms with Gasteiger partial charge in [-0.2, -0.15) is 9.97 Å². The van der Waals surface area contributed by atoms with Crippen LogP contribution in [-0.2, 0) is 14.1 Å². The topological polar surface area (TPSA) is 110 Å². The second-order valence-corrected chi connectivity index (χ2v) is 25.1. The Bertz CT molecular complexity index is 5690. The predicted octanol–water partition coefficient (Wildman–Crippen LogP) is 19.3. The molecule has 0 atom stereocenters. The van der Waals surface area contributed by atoms with Crippen molar-refractivity contribution >= 4 is 71.6 Å². The van der Waals surface area contributed by atoms with Crippen molar-refractivity contribution in [2.75, 3.05) is 0 Å². The molecule has 2 aromatic heterocycles. The molecule has 18 rings (SSSR count). The molecule has 0 fully saturated rings. The van der Waals surface area contributed by atoms with Crippen molar-refractivity contribution in [3.63, 3.8) is 0 Å². The number of aromatic nitrogens is 4. The van der Waals surface area contributed by atoms with Crippen molar-refractivity contribution < 1.29 is 10.0 Å². The van der Waals surface area contributed by atoms with E-state index in [-0.39, 0.29) is 11.4 Å². The highest BCUT2D eigenvalue weighted by Crippen LogP contribution is 2.60. The van der Waals surface area contributed by atoms with Gasteiger partial charge in [-0.1, -0.05) is 291 Å². The first-order chi connectivity index (χ1) is 47.1. The standard InChI is InChI=1S/C43H28N2O.C32H21BO2.C11H9BrN2O/c1-45-26-36(42(44-43(45)46)29-18-9-4-10-19-29)30-24-25-35-39-31(30)22-13-23-34(39)40-37(27-14-5-2-6-15-27)32-20-11-12-21-33(32)38(41(35)40)28-16-7-3-8-17-28;34-33(35)27-19-18-26-30-24(27)16-9-17-25(30)31-28(20-10-3-1-4-11-20)22-14-7-8-15-23(22)29(32(26)31)21-12-5-2-6-13-21;1-14-7-9(12)10(13-11(14)15)8-5-3-2-4-6-8/h2-26H,1H3;1-19,34-35H;2-7H,1H3. The Morgan fingerprint density at radius 3 is 1.00 bits per heavy atom. The number of halogens is 1. The lowest BCUT2D eigenvalue weighted by Crippen LogP contribution is -2.30. The molecule has 16 aromatic rings. The second kappa shape index (κ2) is 24.7. The van der Waals surface area contributed by atoms with Gasteiger partial charge in [-0.3, -0.25) is 0 Å². The van der Waals surface area contributed by atoms with Crippen LogP contribution in [0.1, 0.15) is 0 Å². The summed E-state index contributed by atoms with van der Waals surface area (Å²) >= 11 is 3.40. The number of hydrogen-bond donors (Lipinski definition) is 2. The quantitative estimate of drug-likeness (QED) is 0.147. The summed E-state index contributed by atoms with van der Waals surface area (Å²) in [5.74, 6) is 0. The predicted molar refractivity (Wildman–Crippen MR) is 400 cm³/mol. The van der Waals surface area contributed by atoms with Gasteiger partial charge < -0.3 is 19.2 Å². The number of benzene rings is 14. The van der Waals surface area contributed by atoms with Gasteiger partial charge in [0.1, 0.15) is 0 Å². The number of nitrogens with zero attached hydrogens (tertiary/aromatic N) is 4. The normalized spacial score (nSPS) is 11.5. The molecule has 0 saturated carbocycles. The summed E-state index contributed by atoms with van der Waals surface area (Å²) in [5.41, 5.74) is 24.6. The Labute approximate surface area is 562 Å². The van der Waals surface area contributed by atoms with Crippen LogP contribution in [0.3, 0.4) is 0 Å². The van der Waals surface area contributed by atoms with Crippen molar-refractivity contribution in [2.24, 2.45) is 14.1 Å². The molecule has 96 heavy (non-hydrogen) atoms. The van der Waals surface area contributed by atoms with Gasteiger partial charge in [0.05, 0.1) is 15.9 Å². The van der Waals surface area contributed by atoms with E-state index in [1.165, 1.54) is 109 Å². The number of fused-ring (bicyclic) bond motifs is 8. The fourth-order valence-electron chi connectivity index (χ4n) is 14.6. The Morgan fingerprint density at radius 1 is 0.292 bits per heavy atom. The summed E-state index contributed by atoms with van der Waals surface area (Å²) in [6.45, 7) is 0. The fourth-order valence-corrected chi connectivity index (χ4v) is 15.2. The van der Waals surface area contributed by atoms with E-state index in [1.54, 1.807) is 24.9 Å². The van der Waals surface area contributed by atoms with E-state index in [1.807, 2.05) is 85.1 Å². The molecule has 0 amide bonds. The van der Waals surface area contributed by atoms with Gasteiger partial charge in [0.2, 0.25) is 0 Å². The molecule has 0 saturated heterocycles. The molecule has 0 unspecified atom stereocenters. The first-order valence-electron chi connectivity index (χ1n) is 31.9. The summed E-state index contributed by atoms with van der Waals surface area (Å²) in [6.07, 6.45) is 3.65. The molecule has 456 valence electrons. The maximum absolute atomic E-state index is 12.8. The summed E-state index contributed by atoms with van der Waals surface area (Å²) in [5, 5.41) is 29.5. The van der Waals surface area contributed by atoms with Crippen molar-refractivity contribution in [1.29, 1.82) is 0 Å². The van der Waals surface area contributed by atoms with E-state index in [9.17, 15) is 19.6 Å². The summed E-state index contributed by atoms with van der Waals surface area (Å²) in [4.78, 5) is 32.8. The van der Waals surface area contributed by atoms with E-state index in [4.69, 9.17) is 0 Å². The number of aryl methyl sites for hydroxylation is 2. The Balaban J connectivity index is 0.000000127.